The van der Waals surface area contributed by atoms with E-state index in [0.29, 0.717) is 29.9 Å². The molecule has 158 valence electrons. The van der Waals surface area contributed by atoms with Gasteiger partial charge in [-0.25, -0.2) is 4.39 Å². The van der Waals surface area contributed by atoms with Gasteiger partial charge in [0.2, 0.25) is 11.8 Å². The van der Waals surface area contributed by atoms with Crippen LogP contribution < -0.4 is 11.1 Å². The molecule has 2 aromatic rings. The van der Waals surface area contributed by atoms with Crippen molar-refractivity contribution in [2.24, 2.45) is 11.7 Å². The van der Waals surface area contributed by atoms with Crippen LogP contribution in [0.25, 0.3) is 0 Å². The summed E-state index contributed by atoms with van der Waals surface area (Å²) in [6.45, 7) is 8.49. The van der Waals surface area contributed by atoms with Gasteiger partial charge in [0.1, 0.15) is 11.6 Å². The first-order valence-electron chi connectivity index (χ1n) is 9.60. The van der Waals surface area contributed by atoms with Crippen LogP contribution in [-0.4, -0.2) is 31.8 Å². The number of primary amides is 1. The number of aryl methyl sites for hydroxylation is 1. The maximum atomic E-state index is 13.1. The third-order valence-corrected chi connectivity index (χ3v) is 5.40. The molecule has 0 fully saturated rings. The summed E-state index contributed by atoms with van der Waals surface area (Å²) < 4.78 is 15.0. The van der Waals surface area contributed by atoms with Crippen molar-refractivity contribution in [2.45, 2.75) is 63.5 Å². The normalized spacial score (nSPS) is 13.3. The number of nitrogens with zero attached hydrogens (tertiary/aromatic N) is 3. The number of carbonyl (C=O) groups excluding carboxylic acids is 2. The molecule has 0 aliphatic heterocycles. The van der Waals surface area contributed by atoms with E-state index in [9.17, 15) is 14.0 Å². The number of nitrogens with one attached hydrogen (secondary N) is 1. The summed E-state index contributed by atoms with van der Waals surface area (Å²) in [6, 6.07) is 5.81. The molecule has 2 rings (SSSR count). The second kappa shape index (κ2) is 10.4. The summed E-state index contributed by atoms with van der Waals surface area (Å²) >= 11 is 1.32. The lowest BCUT2D eigenvalue weighted by Crippen LogP contribution is -2.33. The third kappa shape index (κ3) is 6.85. The van der Waals surface area contributed by atoms with E-state index in [1.165, 1.54) is 23.9 Å². The van der Waals surface area contributed by atoms with Gasteiger partial charge in [-0.15, -0.1) is 10.2 Å². The van der Waals surface area contributed by atoms with Crippen LogP contribution in [0.5, 0.6) is 0 Å². The summed E-state index contributed by atoms with van der Waals surface area (Å²) in [6.07, 6.45) is 0.615. The summed E-state index contributed by atoms with van der Waals surface area (Å²) in [7, 11) is 0. The molecule has 1 aromatic carbocycles. The maximum Gasteiger partial charge on any atom is 0.233 e. The van der Waals surface area contributed by atoms with Crippen LogP contribution >= 0.6 is 11.8 Å². The van der Waals surface area contributed by atoms with Gasteiger partial charge in [-0.05, 0) is 37.5 Å². The zero-order chi connectivity index (χ0) is 21.6. The average Bonchev–Trinajstić information content (AvgIpc) is 3.01. The number of amides is 2. The minimum Gasteiger partial charge on any atom is -0.370 e. The minimum absolute atomic E-state index is 0.149. The summed E-state index contributed by atoms with van der Waals surface area (Å²) in [5.74, 6) is 0.186. The highest BCUT2D eigenvalue weighted by Gasteiger charge is 2.22. The predicted octanol–water partition coefficient (Wildman–Crippen LogP) is 2.85. The molecule has 0 aliphatic rings. The fourth-order valence-electron chi connectivity index (χ4n) is 2.75. The number of carbonyl (C=O) groups is 2. The molecule has 7 nitrogen and oxygen atoms in total. The van der Waals surface area contributed by atoms with Gasteiger partial charge in [-0.3, -0.25) is 9.59 Å². The largest absolute Gasteiger partial charge is 0.370 e. The molecule has 1 heterocycles. The van der Waals surface area contributed by atoms with Crippen LogP contribution in [0.4, 0.5) is 4.39 Å². The van der Waals surface area contributed by atoms with E-state index in [-0.39, 0.29) is 30.1 Å². The van der Waals surface area contributed by atoms with E-state index < -0.39 is 5.25 Å². The van der Waals surface area contributed by atoms with Gasteiger partial charge in [0.05, 0.1) is 11.3 Å². The number of benzene rings is 1. The van der Waals surface area contributed by atoms with Crippen LogP contribution in [-0.2, 0) is 22.6 Å². The zero-order valence-electron chi connectivity index (χ0n) is 17.2. The number of thioether (sulfide) groups is 1. The van der Waals surface area contributed by atoms with Crippen LogP contribution in [0.3, 0.4) is 0 Å². The highest BCUT2D eigenvalue weighted by Crippen LogP contribution is 2.25. The van der Waals surface area contributed by atoms with Gasteiger partial charge in [-0.1, -0.05) is 37.7 Å². The average molecular weight is 422 g/mol. The fourth-order valence-corrected chi connectivity index (χ4v) is 3.64. The molecule has 2 amide bonds. The van der Waals surface area contributed by atoms with Crippen molar-refractivity contribution in [1.82, 2.24) is 20.1 Å². The minimum atomic E-state index is -0.406. The molecule has 0 saturated heterocycles. The molecule has 3 N–H and O–H groups in total. The van der Waals surface area contributed by atoms with E-state index in [0.717, 1.165) is 5.56 Å². The molecule has 0 unspecified atom stereocenters. The Labute approximate surface area is 174 Å². The molecule has 9 heteroatoms. The first kappa shape index (κ1) is 22.9. The Morgan fingerprint density at radius 3 is 2.41 bits per heavy atom. The number of nitrogens with two attached hydrogens (primary N) is 1. The Kier molecular flexibility index (Phi) is 8.19. The smallest absolute Gasteiger partial charge is 0.233 e. The molecule has 1 aromatic heterocycles. The fraction of sp³-hybridized carbons (Fsp3) is 0.500. The second-order valence-corrected chi connectivity index (χ2v) is 8.72. The van der Waals surface area contributed by atoms with E-state index in [2.05, 4.69) is 29.4 Å². The highest BCUT2D eigenvalue weighted by molar-refractivity contribution is 8.00. The topological polar surface area (TPSA) is 103 Å². The molecule has 0 bridgehead atoms. The maximum absolute atomic E-state index is 13.1. The lowest BCUT2D eigenvalue weighted by Gasteiger charge is -2.18. The molecule has 0 spiro atoms. The first-order chi connectivity index (χ1) is 13.7. The van der Waals surface area contributed by atoms with Crippen LogP contribution in [0.2, 0.25) is 0 Å². The Morgan fingerprint density at radius 2 is 1.83 bits per heavy atom. The van der Waals surface area contributed by atoms with Gasteiger partial charge in [0, 0.05) is 19.4 Å². The lowest BCUT2D eigenvalue weighted by molar-refractivity contribution is -0.121. The van der Waals surface area contributed by atoms with Crippen LogP contribution in [0.15, 0.2) is 29.4 Å². The molecule has 0 aliphatic carbocycles. The van der Waals surface area contributed by atoms with Crippen molar-refractivity contribution < 1.29 is 14.0 Å². The Bertz CT molecular complexity index is 838. The summed E-state index contributed by atoms with van der Waals surface area (Å²) in [5, 5.41) is 11.6. The van der Waals surface area contributed by atoms with Gasteiger partial charge in [0.25, 0.3) is 0 Å². The monoisotopic (exact) mass is 421 g/mol. The highest BCUT2D eigenvalue weighted by atomic mass is 32.2. The van der Waals surface area contributed by atoms with Crippen LogP contribution in [0, 0.1) is 11.7 Å². The van der Waals surface area contributed by atoms with Gasteiger partial charge < -0.3 is 15.6 Å². The molecular formula is C20H28FN5O2S. The standard InChI is InChI=1S/C20H28FN5O2S/c1-12(2)11-26-18(10-9-17(22)27)24-25-20(26)29-14(4)19(28)23-13(3)15-5-7-16(21)8-6-15/h5-8,12-14H,9-11H2,1-4H3,(H2,22,27)(H,23,28)/t13-,14-/m1/s1. The first-order valence-corrected chi connectivity index (χ1v) is 10.5. The van der Waals surface area contributed by atoms with Gasteiger partial charge in [-0.2, -0.15) is 0 Å². The summed E-state index contributed by atoms with van der Waals surface area (Å²) in [5.41, 5.74) is 6.07. The van der Waals surface area contributed by atoms with Crippen molar-refractivity contribution in [2.75, 3.05) is 0 Å². The molecule has 0 saturated carbocycles. The number of aromatic nitrogens is 3. The Hall–Kier alpha value is -2.42. The number of halogens is 1. The van der Waals surface area contributed by atoms with E-state index in [1.54, 1.807) is 19.1 Å². The third-order valence-electron chi connectivity index (χ3n) is 4.32. The number of hydrogen-bond acceptors (Lipinski definition) is 5. The second-order valence-electron chi connectivity index (χ2n) is 7.41. The molecular weight excluding hydrogens is 393 g/mol. The quantitative estimate of drug-likeness (QED) is 0.574. The Morgan fingerprint density at radius 1 is 1.17 bits per heavy atom. The van der Waals surface area contributed by atoms with Crippen LogP contribution in [0.1, 0.15) is 51.5 Å². The SMILES string of the molecule is CC(C)Cn1c(CCC(N)=O)nnc1S[C@H](C)C(=O)N[C@H](C)c1ccc(F)cc1. The zero-order valence-corrected chi connectivity index (χ0v) is 18.0. The van der Waals surface area contributed by atoms with Crippen molar-refractivity contribution in [3.63, 3.8) is 0 Å². The van der Waals surface area contributed by atoms with Crippen molar-refractivity contribution in [3.8, 4) is 0 Å². The van der Waals surface area contributed by atoms with Crippen molar-refractivity contribution in [1.29, 1.82) is 0 Å². The van der Waals surface area contributed by atoms with Crippen molar-refractivity contribution in [3.05, 3.63) is 41.5 Å². The predicted molar refractivity (Wildman–Crippen MR) is 111 cm³/mol. The van der Waals surface area contributed by atoms with Gasteiger partial charge in [0.15, 0.2) is 5.16 Å². The number of rotatable bonds is 10. The molecule has 0 radical (unpaired) electrons. The Balaban J connectivity index is 2.06. The van der Waals surface area contributed by atoms with Gasteiger partial charge >= 0.3 is 0 Å². The summed E-state index contributed by atoms with van der Waals surface area (Å²) in [4.78, 5) is 23.7. The van der Waals surface area contributed by atoms with Crippen molar-refractivity contribution >= 4 is 23.6 Å². The van der Waals surface area contributed by atoms with E-state index in [4.69, 9.17) is 5.73 Å². The molecule has 2 atom stereocenters. The van der Waals surface area contributed by atoms with E-state index >= 15 is 0 Å². The van der Waals surface area contributed by atoms with E-state index in [1.807, 2.05) is 11.5 Å². The number of hydrogen-bond donors (Lipinski definition) is 2. The molecule has 29 heavy (non-hydrogen) atoms. The lowest BCUT2D eigenvalue weighted by atomic mass is 10.1.